The van der Waals surface area contributed by atoms with Crippen LogP contribution in [-0.2, 0) is 0 Å². The van der Waals surface area contributed by atoms with Gasteiger partial charge in [-0.25, -0.2) is 0 Å². The van der Waals surface area contributed by atoms with Crippen molar-refractivity contribution in [2.24, 2.45) is 134 Å². The van der Waals surface area contributed by atoms with E-state index in [9.17, 15) is 0 Å². The fraction of sp³-hybridized carbons (Fsp3) is 1.00. The molecular weight excluding hydrogens is 1030 g/mol. The second-order valence-electron chi connectivity index (χ2n) is 32.9. The number of hydrogen-bond acceptors (Lipinski definition) is 0. The zero-order chi connectivity index (χ0) is 67.8. The van der Waals surface area contributed by atoms with Crippen LogP contribution in [0.4, 0.5) is 0 Å². The molecule has 0 aromatic rings. The van der Waals surface area contributed by atoms with E-state index >= 15 is 0 Å². The maximum Gasteiger partial charge on any atom is -0.0269 e. The summed E-state index contributed by atoms with van der Waals surface area (Å²) in [6.45, 7) is 78.2. The van der Waals surface area contributed by atoms with Gasteiger partial charge in [-0.2, -0.15) is 0 Å². The van der Waals surface area contributed by atoms with Crippen LogP contribution in [0.2, 0.25) is 0 Å². The lowest BCUT2D eigenvalue weighted by Gasteiger charge is -2.54. The first-order chi connectivity index (χ1) is 40.6. The van der Waals surface area contributed by atoms with E-state index < -0.39 is 0 Å². The molecule has 4 bridgehead atoms. The third kappa shape index (κ3) is 34.2. The fourth-order valence-electron chi connectivity index (χ4n) is 17.5. The van der Waals surface area contributed by atoms with Crippen LogP contribution in [0.15, 0.2) is 0 Å². The van der Waals surface area contributed by atoms with Gasteiger partial charge >= 0.3 is 0 Å². The Balaban J connectivity index is -0.000000442. The maximum atomic E-state index is 2.50. The molecule has 0 aromatic carbocycles. The van der Waals surface area contributed by atoms with Crippen LogP contribution in [0.1, 0.15) is 422 Å². The summed E-state index contributed by atoms with van der Waals surface area (Å²) < 4.78 is 0. The van der Waals surface area contributed by atoms with Crippen LogP contribution in [0.5, 0.6) is 0 Å². The summed E-state index contributed by atoms with van der Waals surface area (Å²) >= 11 is 0. The van der Waals surface area contributed by atoms with E-state index in [1.54, 1.807) is 12.8 Å². The van der Waals surface area contributed by atoms with Crippen LogP contribution < -0.4 is 0 Å². The van der Waals surface area contributed by atoms with Gasteiger partial charge in [-0.15, -0.1) is 0 Å². The molecule has 0 spiro atoms. The highest BCUT2D eigenvalue weighted by Gasteiger charge is 2.53. The van der Waals surface area contributed by atoms with Crippen molar-refractivity contribution in [3.63, 3.8) is 0 Å². The first-order valence-electron chi connectivity index (χ1n) is 40.6. The van der Waals surface area contributed by atoms with Crippen molar-refractivity contribution in [2.75, 3.05) is 0 Å². The van der Waals surface area contributed by atoms with Crippen molar-refractivity contribution in [1.82, 2.24) is 0 Å². The summed E-state index contributed by atoms with van der Waals surface area (Å²) in [5, 5.41) is 0. The molecule has 0 aromatic heterocycles. The van der Waals surface area contributed by atoms with E-state index in [-0.39, 0.29) is 0 Å². The molecule has 11 rings (SSSR count). The van der Waals surface area contributed by atoms with Crippen molar-refractivity contribution in [1.29, 1.82) is 0 Å². The van der Waals surface area contributed by atoms with E-state index in [2.05, 4.69) is 145 Å². The standard InChI is InChI=1S/2C12H22.C11H20.2C10H20.C9H18.C8H16.7C2H6/c1-8(2)10-6-11-4-9(3)5-12(11)7-10;1-10(2)12-7-4-11(3,5-8-12)6-9-12;1-9(2)11-6-4-10(3,8-11)5-7-11;1-8(2)10-6-4-9(3)5-7-10;1-8(2)10-6-4-5-9(3)7-10;1-7(2)9-5-4-8(3)6-9;1-6(2)8-4-7(3)5-8;7*1-2/h8-12H,4-7H2,1-3H3;10H,4-9H2,1-3H3;9H,4-8H2,1-3H3;2*8-10H,4-7H2,1-3H3;7-9H,4-6H2,1-3H3;6-8H,4-5H2,1-3H3;7*1-2H3. The Labute approximate surface area is 553 Å². The zero-order valence-electron chi connectivity index (χ0n) is 67.8. The largest absolute Gasteiger partial charge is 0.0683 e. The topological polar surface area (TPSA) is 0 Å². The molecule has 0 heteroatoms. The minimum absolute atomic E-state index is 0.747. The molecule has 6 atom stereocenters. The summed E-state index contributed by atoms with van der Waals surface area (Å²) in [4.78, 5) is 0. The molecule has 11 fully saturated rings. The summed E-state index contributed by atoms with van der Waals surface area (Å²) in [6.07, 6.45) is 42.0. The third-order valence-electron chi connectivity index (χ3n) is 24.5. The number of hydrogen-bond donors (Lipinski definition) is 0. The molecule has 11 aliphatic rings. The molecule has 0 nitrogen and oxygen atoms in total. The van der Waals surface area contributed by atoms with E-state index in [0.29, 0.717) is 0 Å². The Bertz CT molecular complexity index is 1390. The van der Waals surface area contributed by atoms with Crippen LogP contribution in [0.25, 0.3) is 0 Å². The van der Waals surface area contributed by atoms with Crippen LogP contribution in [0, 0.1) is 134 Å². The smallest absolute Gasteiger partial charge is 0.0269 e. The Morgan fingerprint density at radius 2 is 0.523 bits per heavy atom. The van der Waals surface area contributed by atoms with Gasteiger partial charge in [0.05, 0.1) is 0 Å². The van der Waals surface area contributed by atoms with Crippen molar-refractivity contribution >= 4 is 0 Å². The Hall–Kier alpha value is 0. The average molecular weight is 1210 g/mol. The van der Waals surface area contributed by atoms with Crippen molar-refractivity contribution in [3.8, 4) is 0 Å². The van der Waals surface area contributed by atoms with Crippen LogP contribution in [0.3, 0.4) is 0 Å². The highest BCUT2D eigenvalue weighted by Crippen LogP contribution is 2.64. The highest BCUT2D eigenvalue weighted by atomic mass is 14.6. The zero-order valence-corrected chi connectivity index (χ0v) is 67.8. The van der Waals surface area contributed by atoms with Gasteiger partial charge in [0, 0.05) is 0 Å². The molecule has 0 saturated heterocycles. The number of rotatable bonds is 7. The second-order valence-corrected chi connectivity index (χ2v) is 32.9. The summed E-state index contributed by atoms with van der Waals surface area (Å²) in [6, 6.07) is 0. The van der Waals surface area contributed by atoms with Crippen molar-refractivity contribution in [2.45, 2.75) is 422 Å². The van der Waals surface area contributed by atoms with E-state index in [4.69, 9.17) is 0 Å². The molecule has 0 aliphatic heterocycles. The lowest BCUT2D eigenvalue weighted by molar-refractivity contribution is -0.0282. The molecule has 524 valence electrons. The SMILES string of the molecule is CC.CC.CC.CC.CC.CC.CC.CC(C)C12CCC(C)(CC1)C2.CC(C)C12CCC(C)(CC1)CC2.CC1CC(C(C)C)C1.CC1CC2CC(C(C)C)CC2C1.CC1CCC(C(C)C)C1.CC1CCC(C(C)C)CC1.CC1CCCC(C(C)C)C1. The van der Waals surface area contributed by atoms with E-state index in [1.165, 1.54) is 167 Å². The normalized spacial score (nSPS) is 35.2. The second kappa shape index (κ2) is 50.5. The minimum atomic E-state index is 0.747. The fourth-order valence-corrected chi connectivity index (χ4v) is 17.5. The molecule has 11 saturated carbocycles. The molecule has 11 aliphatic carbocycles. The van der Waals surface area contributed by atoms with Gasteiger partial charge in [0.25, 0.3) is 0 Å². The van der Waals surface area contributed by atoms with Crippen LogP contribution >= 0.6 is 0 Å². The highest BCUT2D eigenvalue weighted by molar-refractivity contribution is 5.03. The Morgan fingerprint density at radius 1 is 0.244 bits per heavy atom. The predicted molar refractivity (Wildman–Crippen MR) is 404 cm³/mol. The quantitative estimate of drug-likeness (QED) is 0.238. The van der Waals surface area contributed by atoms with Gasteiger partial charge in [-0.1, -0.05) is 281 Å². The monoisotopic (exact) mass is 1210 g/mol. The van der Waals surface area contributed by atoms with Gasteiger partial charge in [-0.3, -0.25) is 0 Å². The Kier molecular flexibility index (Phi) is 54.2. The molecule has 0 heterocycles. The molecule has 0 amide bonds. The van der Waals surface area contributed by atoms with E-state index in [0.717, 1.165) is 134 Å². The van der Waals surface area contributed by atoms with Crippen molar-refractivity contribution in [3.05, 3.63) is 0 Å². The molecule has 0 radical (unpaired) electrons. The predicted octanol–water partition coefficient (Wildman–Crippen LogP) is 31.2. The average Bonchev–Trinajstić information content (AvgIpc) is 1.94. The minimum Gasteiger partial charge on any atom is -0.0683 e. The summed E-state index contributed by atoms with van der Waals surface area (Å²) in [7, 11) is 0. The Morgan fingerprint density at radius 3 is 0.779 bits per heavy atom. The van der Waals surface area contributed by atoms with Gasteiger partial charge in [0.1, 0.15) is 0 Å². The van der Waals surface area contributed by atoms with Crippen molar-refractivity contribution < 1.29 is 0 Å². The van der Waals surface area contributed by atoms with Gasteiger partial charge in [0.15, 0.2) is 0 Å². The summed E-state index contributed by atoms with van der Waals surface area (Å²) in [5.74, 6) is 19.0. The van der Waals surface area contributed by atoms with Gasteiger partial charge in [-0.05, 0) is 275 Å². The molecule has 6 unspecified atom stereocenters. The molecular formula is C86H180. The van der Waals surface area contributed by atoms with E-state index in [1.807, 2.05) is 96.9 Å². The van der Waals surface area contributed by atoms with Gasteiger partial charge in [0.2, 0.25) is 0 Å². The molecule has 86 heavy (non-hydrogen) atoms. The van der Waals surface area contributed by atoms with Gasteiger partial charge < -0.3 is 0 Å². The maximum absolute atomic E-state index is 2.50. The van der Waals surface area contributed by atoms with Crippen LogP contribution in [-0.4, -0.2) is 0 Å². The molecule has 0 N–H and O–H groups in total. The number of fused-ring (bicyclic) bond motifs is 6. The first kappa shape index (κ1) is 92.4. The first-order valence-corrected chi connectivity index (χ1v) is 40.6. The summed E-state index contributed by atoms with van der Waals surface area (Å²) in [5.41, 5.74) is 3.04. The third-order valence-corrected chi connectivity index (χ3v) is 24.5. The lowest BCUT2D eigenvalue weighted by atomic mass is 9.51. The lowest BCUT2D eigenvalue weighted by Crippen LogP contribution is -2.42.